The minimum Gasteiger partial charge on any atom is -0.350 e. The Morgan fingerprint density at radius 2 is 2.04 bits per heavy atom. The van der Waals surface area contributed by atoms with Crippen LogP contribution < -0.4 is 5.32 Å². The van der Waals surface area contributed by atoms with Crippen LogP contribution in [0.2, 0.25) is 0 Å². The topological polar surface area (TPSA) is 93.8 Å². The monoisotopic (exact) mass is 411 g/mol. The first kappa shape index (κ1) is 18.5. The summed E-state index contributed by atoms with van der Waals surface area (Å²) in [6.45, 7) is 0.428. The molecule has 0 atom stereocenters. The van der Waals surface area contributed by atoms with Crippen LogP contribution in [0.1, 0.15) is 23.7 Å². The molecule has 0 bridgehead atoms. The number of aromatic nitrogens is 4. The fourth-order valence-corrected chi connectivity index (χ4v) is 3.96. The molecule has 1 amide bonds. The third-order valence-electron chi connectivity index (χ3n) is 3.97. The largest absolute Gasteiger partial charge is 0.350 e. The van der Waals surface area contributed by atoms with Gasteiger partial charge in [-0.2, -0.15) is 4.98 Å². The van der Waals surface area contributed by atoms with Crippen LogP contribution in [0.3, 0.4) is 0 Å². The van der Waals surface area contributed by atoms with Crippen molar-refractivity contribution in [1.29, 1.82) is 0 Å². The summed E-state index contributed by atoms with van der Waals surface area (Å²) in [6, 6.07) is 7.73. The van der Waals surface area contributed by atoms with Crippen molar-refractivity contribution in [2.45, 2.75) is 25.8 Å². The summed E-state index contributed by atoms with van der Waals surface area (Å²) in [5.41, 5.74) is 1.92. The molecule has 0 unspecified atom stereocenters. The van der Waals surface area contributed by atoms with Crippen LogP contribution in [0.5, 0.6) is 0 Å². The molecular formula is C19H17N5O2S2. The number of rotatable bonds is 8. The summed E-state index contributed by atoms with van der Waals surface area (Å²) in [4.78, 5) is 26.0. The summed E-state index contributed by atoms with van der Waals surface area (Å²) >= 11 is 3.10. The minimum atomic E-state index is -0.0151. The quantitative estimate of drug-likeness (QED) is 0.472. The van der Waals surface area contributed by atoms with E-state index in [1.165, 1.54) is 11.3 Å². The Balaban J connectivity index is 1.21. The summed E-state index contributed by atoms with van der Waals surface area (Å²) in [7, 11) is 0. The Labute approximate surface area is 169 Å². The molecule has 4 aromatic rings. The van der Waals surface area contributed by atoms with E-state index in [9.17, 15) is 4.79 Å². The smallest absolute Gasteiger partial charge is 0.226 e. The fourth-order valence-electron chi connectivity index (χ4n) is 2.57. The summed E-state index contributed by atoms with van der Waals surface area (Å²) in [6.07, 6.45) is 5.11. The normalized spacial score (nSPS) is 10.9. The Kier molecular flexibility index (Phi) is 5.83. The van der Waals surface area contributed by atoms with E-state index in [2.05, 4.69) is 25.4 Å². The van der Waals surface area contributed by atoms with Crippen molar-refractivity contribution in [3.63, 3.8) is 0 Å². The molecule has 4 heterocycles. The summed E-state index contributed by atoms with van der Waals surface area (Å²) in [5, 5.41) is 11.7. The van der Waals surface area contributed by atoms with Crippen molar-refractivity contribution in [3.8, 4) is 22.0 Å². The molecule has 0 saturated carbocycles. The highest BCUT2D eigenvalue weighted by molar-refractivity contribution is 7.13. The van der Waals surface area contributed by atoms with Crippen LogP contribution in [-0.2, 0) is 17.8 Å². The van der Waals surface area contributed by atoms with Crippen LogP contribution >= 0.6 is 22.7 Å². The van der Waals surface area contributed by atoms with E-state index in [4.69, 9.17) is 4.52 Å². The number of thiazole rings is 1. The number of thiophene rings is 1. The number of amides is 1. The molecule has 0 aliphatic carbocycles. The van der Waals surface area contributed by atoms with Crippen LogP contribution in [0.4, 0.5) is 0 Å². The second-order valence-corrected chi connectivity index (χ2v) is 7.87. The first-order valence-corrected chi connectivity index (χ1v) is 10.5. The predicted molar refractivity (Wildman–Crippen MR) is 108 cm³/mol. The lowest BCUT2D eigenvalue weighted by Crippen LogP contribution is -2.22. The van der Waals surface area contributed by atoms with E-state index in [1.807, 2.05) is 35.0 Å². The van der Waals surface area contributed by atoms with Crippen LogP contribution in [0.15, 0.2) is 51.9 Å². The third kappa shape index (κ3) is 4.68. The van der Waals surface area contributed by atoms with Gasteiger partial charge < -0.3 is 9.84 Å². The van der Waals surface area contributed by atoms with Gasteiger partial charge in [0.05, 0.1) is 17.1 Å². The summed E-state index contributed by atoms with van der Waals surface area (Å²) < 4.78 is 5.25. The second-order valence-electron chi connectivity index (χ2n) is 5.98. The molecule has 0 aliphatic rings. The van der Waals surface area contributed by atoms with E-state index in [0.717, 1.165) is 21.1 Å². The zero-order valence-corrected chi connectivity index (χ0v) is 16.5. The van der Waals surface area contributed by atoms with Gasteiger partial charge in [-0.25, -0.2) is 4.98 Å². The molecular weight excluding hydrogens is 394 g/mol. The maximum absolute atomic E-state index is 12.1. The van der Waals surface area contributed by atoms with Crippen LogP contribution in [-0.4, -0.2) is 26.0 Å². The van der Waals surface area contributed by atoms with E-state index in [1.54, 1.807) is 23.7 Å². The SMILES string of the molecule is O=C(CCCc1nc(-c2cccs2)no1)NCc1nc(-c2ccncc2)cs1. The Morgan fingerprint density at radius 1 is 1.14 bits per heavy atom. The molecule has 7 nitrogen and oxygen atoms in total. The minimum absolute atomic E-state index is 0.0151. The number of nitrogens with one attached hydrogen (secondary N) is 1. The van der Waals surface area contributed by atoms with Crippen molar-refractivity contribution >= 4 is 28.6 Å². The van der Waals surface area contributed by atoms with E-state index < -0.39 is 0 Å². The molecule has 9 heteroatoms. The molecule has 4 aromatic heterocycles. The molecule has 4 rings (SSSR count). The van der Waals surface area contributed by atoms with Gasteiger partial charge in [0.25, 0.3) is 0 Å². The second kappa shape index (κ2) is 8.85. The average Bonchev–Trinajstić information content (AvgIpc) is 3.48. The highest BCUT2D eigenvalue weighted by atomic mass is 32.1. The van der Waals surface area contributed by atoms with Crippen molar-refractivity contribution in [2.75, 3.05) is 0 Å². The maximum Gasteiger partial charge on any atom is 0.226 e. The van der Waals surface area contributed by atoms with Crippen molar-refractivity contribution in [2.24, 2.45) is 0 Å². The highest BCUT2D eigenvalue weighted by Crippen LogP contribution is 2.22. The number of carbonyl (C=O) groups excluding carboxylic acids is 1. The average molecular weight is 412 g/mol. The lowest BCUT2D eigenvalue weighted by Gasteiger charge is -2.02. The van der Waals surface area contributed by atoms with E-state index in [-0.39, 0.29) is 5.91 Å². The van der Waals surface area contributed by atoms with E-state index >= 15 is 0 Å². The van der Waals surface area contributed by atoms with E-state index in [0.29, 0.717) is 37.5 Å². The lowest BCUT2D eigenvalue weighted by molar-refractivity contribution is -0.121. The van der Waals surface area contributed by atoms with Gasteiger partial charge >= 0.3 is 0 Å². The van der Waals surface area contributed by atoms with Gasteiger partial charge in [0.2, 0.25) is 17.6 Å². The Bertz CT molecular complexity index is 1030. The first-order chi connectivity index (χ1) is 13.8. The number of hydrogen-bond acceptors (Lipinski definition) is 8. The number of hydrogen-bond donors (Lipinski definition) is 1. The predicted octanol–water partition coefficient (Wildman–Crippen LogP) is 3.96. The van der Waals surface area contributed by atoms with Crippen molar-refractivity contribution < 1.29 is 9.32 Å². The van der Waals surface area contributed by atoms with Crippen LogP contribution in [0.25, 0.3) is 22.0 Å². The molecule has 0 aromatic carbocycles. The first-order valence-electron chi connectivity index (χ1n) is 8.76. The van der Waals surface area contributed by atoms with Gasteiger partial charge in [-0.1, -0.05) is 11.2 Å². The molecule has 0 fully saturated rings. The van der Waals surface area contributed by atoms with Gasteiger partial charge in [-0.15, -0.1) is 22.7 Å². The number of pyridine rings is 1. The Hall–Kier alpha value is -2.91. The zero-order chi connectivity index (χ0) is 19.2. The lowest BCUT2D eigenvalue weighted by atomic mass is 10.2. The zero-order valence-electron chi connectivity index (χ0n) is 14.9. The standard InChI is InChI=1S/C19H17N5O2S2/c25-16(4-1-5-17-23-19(24-26-17)15-3-2-10-27-15)21-11-18-22-14(12-28-18)13-6-8-20-9-7-13/h2-3,6-10,12H,1,4-5,11H2,(H,21,25). The van der Waals surface area contributed by atoms with Gasteiger partial charge in [0.15, 0.2) is 0 Å². The van der Waals surface area contributed by atoms with Crippen molar-refractivity contribution in [3.05, 3.63) is 58.3 Å². The summed E-state index contributed by atoms with van der Waals surface area (Å²) in [5.74, 6) is 1.14. The van der Waals surface area contributed by atoms with Gasteiger partial charge in [-0.3, -0.25) is 9.78 Å². The van der Waals surface area contributed by atoms with Gasteiger partial charge in [0.1, 0.15) is 5.01 Å². The van der Waals surface area contributed by atoms with Crippen LogP contribution in [0, 0.1) is 0 Å². The fraction of sp³-hybridized carbons (Fsp3) is 0.211. The molecule has 0 saturated heterocycles. The molecule has 0 aliphatic heterocycles. The van der Waals surface area contributed by atoms with Gasteiger partial charge in [0, 0.05) is 36.2 Å². The maximum atomic E-state index is 12.1. The number of aryl methyl sites for hydroxylation is 1. The molecule has 1 N–H and O–H groups in total. The molecule has 0 radical (unpaired) electrons. The number of carbonyl (C=O) groups is 1. The number of nitrogens with zero attached hydrogens (tertiary/aromatic N) is 4. The molecule has 0 spiro atoms. The van der Waals surface area contributed by atoms with Crippen molar-refractivity contribution in [1.82, 2.24) is 25.4 Å². The third-order valence-corrected chi connectivity index (χ3v) is 5.68. The molecule has 28 heavy (non-hydrogen) atoms. The highest BCUT2D eigenvalue weighted by Gasteiger charge is 2.11. The Morgan fingerprint density at radius 3 is 2.86 bits per heavy atom. The van der Waals surface area contributed by atoms with Gasteiger partial charge in [-0.05, 0) is 30.0 Å². The molecule has 142 valence electrons.